The number of thiocarbonyl (C=S) groups is 1. The van der Waals surface area contributed by atoms with Gasteiger partial charge in [0.05, 0.1) is 10.7 Å². The maximum atomic E-state index is 12.2. The number of hydrogen-bond acceptors (Lipinski definition) is 2. The second kappa shape index (κ2) is 6.41. The Kier molecular flexibility index (Phi) is 4.83. The van der Waals surface area contributed by atoms with E-state index in [1.807, 2.05) is 4.90 Å². The van der Waals surface area contributed by atoms with E-state index in [1.165, 1.54) is 0 Å². The van der Waals surface area contributed by atoms with Crippen LogP contribution in [0, 0.1) is 5.92 Å². The number of piperidine rings is 1. The fourth-order valence-corrected chi connectivity index (χ4v) is 2.47. The molecule has 1 aliphatic heterocycles. The molecule has 108 valence electrons. The Hall–Kier alpha value is -1.33. The Morgan fingerprint density at radius 2 is 2.10 bits per heavy atom. The lowest BCUT2D eigenvalue weighted by Crippen LogP contribution is -2.40. The number of hydrogen-bond donors (Lipinski definition) is 2. The minimum Gasteiger partial charge on any atom is -0.389 e. The van der Waals surface area contributed by atoms with E-state index in [-0.39, 0.29) is 11.0 Å². The highest BCUT2D eigenvalue weighted by Gasteiger charge is 2.20. The number of amides is 2. The number of nitrogens with zero attached hydrogens (tertiary/aromatic N) is 1. The van der Waals surface area contributed by atoms with E-state index < -0.39 is 0 Å². The third kappa shape index (κ3) is 3.61. The average Bonchev–Trinajstić information content (AvgIpc) is 2.41. The molecule has 0 radical (unpaired) electrons. The predicted molar refractivity (Wildman–Crippen MR) is 86.3 cm³/mol. The first-order chi connectivity index (χ1) is 9.47. The minimum absolute atomic E-state index is 0.126. The molecule has 0 unspecified atom stereocenters. The molecule has 6 heteroatoms. The Morgan fingerprint density at radius 3 is 2.70 bits per heavy atom. The highest BCUT2D eigenvalue weighted by molar-refractivity contribution is 7.80. The van der Waals surface area contributed by atoms with E-state index in [1.54, 1.807) is 18.2 Å². The molecule has 1 heterocycles. The minimum atomic E-state index is -0.126. The lowest BCUT2D eigenvalue weighted by molar-refractivity contribution is 0.186. The maximum absolute atomic E-state index is 12.2. The molecule has 0 atom stereocenters. The Bertz CT molecular complexity index is 527. The van der Waals surface area contributed by atoms with Crippen LogP contribution >= 0.6 is 23.8 Å². The molecular formula is C14H18ClN3OS. The largest absolute Gasteiger partial charge is 0.389 e. The van der Waals surface area contributed by atoms with Crippen molar-refractivity contribution in [1.82, 2.24) is 4.90 Å². The van der Waals surface area contributed by atoms with E-state index in [9.17, 15) is 4.79 Å². The molecule has 1 aliphatic rings. The summed E-state index contributed by atoms with van der Waals surface area (Å²) in [7, 11) is 0. The van der Waals surface area contributed by atoms with Crippen molar-refractivity contribution in [3.05, 3.63) is 28.8 Å². The monoisotopic (exact) mass is 311 g/mol. The number of likely N-dealkylation sites (tertiary alicyclic amines) is 1. The van der Waals surface area contributed by atoms with Gasteiger partial charge in [-0.25, -0.2) is 4.79 Å². The van der Waals surface area contributed by atoms with Crippen molar-refractivity contribution in [2.75, 3.05) is 18.4 Å². The van der Waals surface area contributed by atoms with Gasteiger partial charge in [-0.3, -0.25) is 0 Å². The van der Waals surface area contributed by atoms with Gasteiger partial charge in [0.25, 0.3) is 0 Å². The number of halogens is 1. The Morgan fingerprint density at radius 1 is 1.45 bits per heavy atom. The van der Waals surface area contributed by atoms with Crippen LogP contribution in [0.4, 0.5) is 10.5 Å². The lowest BCUT2D eigenvalue weighted by atomic mass is 10.00. The smallest absolute Gasteiger partial charge is 0.321 e. The van der Waals surface area contributed by atoms with E-state index >= 15 is 0 Å². The summed E-state index contributed by atoms with van der Waals surface area (Å²) in [5, 5.41) is 3.31. The molecule has 1 fully saturated rings. The predicted octanol–water partition coefficient (Wildman–Crippen LogP) is 3.24. The molecular weight excluding hydrogens is 294 g/mol. The normalized spacial score (nSPS) is 16.0. The number of carbonyl (C=O) groups excluding carboxylic acids is 1. The van der Waals surface area contributed by atoms with E-state index in [2.05, 4.69) is 12.2 Å². The zero-order valence-corrected chi connectivity index (χ0v) is 12.9. The van der Waals surface area contributed by atoms with Crippen molar-refractivity contribution in [3.8, 4) is 0 Å². The van der Waals surface area contributed by atoms with Crippen LogP contribution in [0.15, 0.2) is 18.2 Å². The van der Waals surface area contributed by atoms with Gasteiger partial charge in [0.2, 0.25) is 0 Å². The Labute approximate surface area is 129 Å². The van der Waals surface area contributed by atoms with Gasteiger partial charge in [-0.1, -0.05) is 36.8 Å². The topological polar surface area (TPSA) is 58.4 Å². The van der Waals surface area contributed by atoms with Gasteiger partial charge >= 0.3 is 6.03 Å². The second-order valence-corrected chi connectivity index (χ2v) is 6.01. The zero-order valence-electron chi connectivity index (χ0n) is 11.4. The van der Waals surface area contributed by atoms with Crippen molar-refractivity contribution < 1.29 is 4.79 Å². The first kappa shape index (κ1) is 15.1. The number of benzene rings is 1. The fourth-order valence-electron chi connectivity index (χ4n) is 2.18. The summed E-state index contributed by atoms with van der Waals surface area (Å²) in [6.07, 6.45) is 2.07. The molecule has 0 saturated carbocycles. The number of nitrogens with two attached hydrogens (primary N) is 1. The molecule has 1 aromatic carbocycles. The fraction of sp³-hybridized carbons (Fsp3) is 0.429. The molecule has 2 amide bonds. The SMILES string of the molecule is CC1CCN(C(=O)Nc2cc(C(N)=S)ccc2Cl)CC1. The third-order valence-corrected chi connectivity index (χ3v) is 4.13. The van der Waals surface area contributed by atoms with Gasteiger partial charge in [0, 0.05) is 18.7 Å². The number of nitrogens with one attached hydrogen (secondary N) is 1. The van der Waals surface area contributed by atoms with Crippen molar-refractivity contribution >= 4 is 40.5 Å². The number of anilines is 1. The molecule has 1 aromatic rings. The molecule has 0 spiro atoms. The van der Waals surface area contributed by atoms with E-state index in [0.717, 1.165) is 25.9 Å². The average molecular weight is 312 g/mol. The molecule has 20 heavy (non-hydrogen) atoms. The zero-order chi connectivity index (χ0) is 14.7. The molecule has 0 bridgehead atoms. The van der Waals surface area contributed by atoms with Gasteiger partial charge in [0.1, 0.15) is 4.99 Å². The highest BCUT2D eigenvalue weighted by atomic mass is 35.5. The third-order valence-electron chi connectivity index (χ3n) is 3.56. The number of carbonyl (C=O) groups is 1. The molecule has 2 rings (SSSR count). The summed E-state index contributed by atoms with van der Waals surface area (Å²) in [6.45, 7) is 3.76. The molecule has 0 aliphatic carbocycles. The van der Waals surface area contributed by atoms with Crippen LogP contribution in [0.2, 0.25) is 5.02 Å². The second-order valence-electron chi connectivity index (χ2n) is 5.16. The first-order valence-corrected chi connectivity index (χ1v) is 7.41. The van der Waals surface area contributed by atoms with Crippen LogP contribution in [-0.4, -0.2) is 29.0 Å². The van der Waals surface area contributed by atoms with Crippen LogP contribution in [0.1, 0.15) is 25.3 Å². The van der Waals surface area contributed by atoms with Crippen molar-refractivity contribution in [3.63, 3.8) is 0 Å². The van der Waals surface area contributed by atoms with Gasteiger partial charge in [0.15, 0.2) is 0 Å². The number of urea groups is 1. The van der Waals surface area contributed by atoms with Crippen LogP contribution in [0.25, 0.3) is 0 Å². The summed E-state index contributed by atoms with van der Waals surface area (Å²) in [5.74, 6) is 0.681. The van der Waals surface area contributed by atoms with Crippen LogP contribution < -0.4 is 11.1 Å². The summed E-state index contributed by atoms with van der Waals surface area (Å²) >= 11 is 11.0. The highest BCUT2D eigenvalue weighted by Crippen LogP contribution is 2.24. The van der Waals surface area contributed by atoms with E-state index in [0.29, 0.717) is 22.2 Å². The summed E-state index contributed by atoms with van der Waals surface area (Å²) in [4.78, 5) is 14.3. The van der Waals surface area contributed by atoms with Crippen LogP contribution in [0.3, 0.4) is 0 Å². The summed E-state index contributed by atoms with van der Waals surface area (Å²) in [5.41, 5.74) is 6.82. The molecule has 4 nitrogen and oxygen atoms in total. The van der Waals surface area contributed by atoms with Crippen molar-refractivity contribution in [2.45, 2.75) is 19.8 Å². The van der Waals surface area contributed by atoms with Crippen LogP contribution in [-0.2, 0) is 0 Å². The first-order valence-electron chi connectivity index (χ1n) is 6.62. The van der Waals surface area contributed by atoms with Crippen molar-refractivity contribution in [2.24, 2.45) is 11.7 Å². The summed E-state index contributed by atoms with van der Waals surface area (Å²) in [6, 6.07) is 5.00. The van der Waals surface area contributed by atoms with Gasteiger partial charge in [-0.15, -0.1) is 0 Å². The molecule has 1 saturated heterocycles. The van der Waals surface area contributed by atoms with Gasteiger partial charge in [-0.2, -0.15) is 0 Å². The number of rotatable bonds is 2. The molecule has 3 N–H and O–H groups in total. The quantitative estimate of drug-likeness (QED) is 0.824. The lowest BCUT2D eigenvalue weighted by Gasteiger charge is -2.30. The maximum Gasteiger partial charge on any atom is 0.321 e. The molecule has 0 aromatic heterocycles. The van der Waals surface area contributed by atoms with Crippen molar-refractivity contribution in [1.29, 1.82) is 0 Å². The van der Waals surface area contributed by atoms with Gasteiger partial charge in [-0.05, 0) is 30.9 Å². The van der Waals surface area contributed by atoms with Crippen LogP contribution in [0.5, 0.6) is 0 Å². The standard InChI is InChI=1S/C14H18ClN3OS/c1-9-4-6-18(7-5-9)14(19)17-12-8-10(13(16)20)2-3-11(12)15/h2-3,8-9H,4-7H2,1H3,(H2,16,20)(H,17,19). The Balaban J connectivity index is 2.07. The van der Waals surface area contributed by atoms with E-state index in [4.69, 9.17) is 29.6 Å². The summed E-state index contributed by atoms with van der Waals surface area (Å²) < 4.78 is 0. The van der Waals surface area contributed by atoms with Gasteiger partial charge < -0.3 is 16.0 Å².